The molecule has 2 amide bonds. The van der Waals surface area contributed by atoms with Crippen molar-refractivity contribution >= 4 is 39.3 Å². The molecule has 130 valence electrons. The highest BCUT2D eigenvalue weighted by atomic mass is 32.2. The molecule has 0 radical (unpaired) electrons. The Morgan fingerprint density at radius 1 is 1.33 bits per heavy atom. The van der Waals surface area contributed by atoms with Crippen molar-refractivity contribution in [2.45, 2.75) is 23.8 Å². The third kappa shape index (κ3) is 4.08. The molecule has 7 nitrogen and oxygen atoms in total. The molecule has 0 saturated carbocycles. The second-order valence-corrected chi connectivity index (χ2v) is 8.80. The monoisotopic (exact) mass is 369 g/mol. The predicted octanol–water partition coefficient (Wildman–Crippen LogP) is 0.885. The van der Waals surface area contributed by atoms with Crippen molar-refractivity contribution in [2.24, 2.45) is 0 Å². The van der Waals surface area contributed by atoms with Gasteiger partial charge in [0.25, 0.3) is 5.91 Å². The van der Waals surface area contributed by atoms with Crippen LogP contribution in [0.5, 0.6) is 0 Å². The van der Waals surface area contributed by atoms with Crippen LogP contribution in [0, 0.1) is 0 Å². The SMILES string of the molecule is CS(=O)(=O)NC1CCN(C(=O)c2ccc3c(c2)NC(=O)CS3)CC1. The van der Waals surface area contributed by atoms with Gasteiger partial charge in [0, 0.05) is 29.6 Å². The van der Waals surface area contributed by atoms with Crippen molar-refractivity contribution in [1.82, 2.24) is 9.62 Å². The molecular formula is C15H19N3O4S2. The maximum Gasteiger partial charge on any atom is 0.253 e. The number of sulfonamides is 1. The number of carbonyl (C=O) groups is 2. The van der Waals surface area contributed by atoms with Crippen LogP contribution in [0.25, 0.3) is 0 Å². The first-order valence-corrected chi connectivity index (χ1v) is 10.5. The molecule has 0 spiro atoms. The fraction of sp³-hybridized carbons (Fsp3) is 0.467. The molecule has 2 heterocycles. The zero-order chi connectivity index (χ0) is 17.3. The normalized spacial score (nSPS) is 18.9. The summed E-state index contributed by atoms with van der Waals surface area (Å²) >= 11 is 1.46. The zero-order valence-corrected chi connectivity index (χ0v) is 14.9. The summed E-state index contributed by atoms with van der Waals surface area (Å²) in [6.45, 7) is 1.01. The first kappa shape index (κ1) is 17.2. The third-order valence-corrected chi connectivity index (χ3v) is 5.86. The third-order valence-electron chi connectivity index (χ3n) is 4.02. The molecule has 0 aromatic heterocycles. The van der Waals surface area contributed by atoms with Gasteiger partial charge in [-0.05, 0) is 31.0 Å². The zero-order valence-electron chi connectivity index (χ0n) is 13.2. The van der Waals surface area contributed by atoms with Crippen molar-refractivity contribution < 1.29 is 18.0 Å². The van der Waals surface area contributed by atoms with Crippen LogP contribution in [0.15, 0.2) is 23.1 Å². The summed E-state index contributed by atoms with van der Waals surface area (Å²) in [5, 5.41) is 2.78. The second kappa shape index (κ2) is 6.73. The smallest absolute Gasteiger partial charge is 0.253 e. The van der Waals surface area contributed by atoms with E-state index in [1.165, 1.54) is 11.8 Å². The number of nitrogens with zero attached hydrogens (tertiary/aromatic N) is 1. The lowest BCUT2D eigenvalue weighted by Gasteiger charge is -2.32. The summed E-state index contributed by atoms with van der Waals surface area (Å²) in [6.07, 6.45) is 2.33. The Kier molecular flexibility index (Phi) is 4.84. The van der Waals surface area contributed by atoms with Crippen molar-refractivity contribution in [1.29, 1.82) is 0 Å². The Balaban J connectivity index is 1.65. The minimum atomic E-state index is -3.23. The highest BCUT2D eigenvalue weighted by molar-refractivity contribution is 8.00. The van der Waals surface area contributed by atoms with E-state index in [9.17, 15) is 18.0 Å². The summed E-state index contributed by atoms with van der Waals surface area (Å²) in [5.74, 6) is 0.228. The largest absolute Gasteiger partial charge is 0.339 e. The van der Waals surface area contributed by atoms with Crippen molar-refractivity contribution in [3.05, 3.63) is 23.8 Å². The molecule has 1 aromatic carbocycles. The molecule has 3 rings (SSSR count). The lowest BCUT2D eigenvalue weighted by Crippen LogP contribution is -2.46. The number of thioether (sulfide) groups is 1. The van der Waals surface area contributed by atoms with Gasteiger partial charge in [-0.25, -0.2) is 13.1 Å². The number of hydrogen-bond acceptors (Lipinski definition) is 5. The molecule has 0 atom stereocenters. The van der Waals surface area contributed by atoms with E-state index in [1.807, 2.05) is 6.07 Å². The van der Waals surface area contributed by atoms with Gasteiger partial charge in [0.05, 0.1) is 17.7 Å². The van der Waals surface area contributed by atoms with Crippen LogP contribution >= 0.6 is 11.8 Å². The molecule has 0 bridgehead atoms. The molecule has 9 heteroatoms. The summed E-state index contributed by atoms with van der Waals surface area (Å²) in [4.78, 5) is 26.8. The lowest BCUT2D eigenvalue weighted by molar-refractivity contribution is -0.113. The van der Waals surface area contributed by atoms with E-state index in [2.05, 4.69) is 10.0 Å². The topological polar surface area (TPSA) is 95.6 Å². The highest BCUT2D eigenvalue weighted by Crippen LogP contribution is 2.32. The average molecular weight is 369 g/mol. The fourth-order valence-corrected chi connectivity index (χ4v) is 4.53. The minimum Gasteiger partial charge on any atom is -0.339 e. The van der Waals surface area contributed by atoms with E-state index in [-0.39, 0.29) is 17.9 Å². The number of piperidine rings is 1. The van der Waals surface area contributed by atoms with Crippen molar-refractivity contribution in [3.63, 3.8) is 0 Å². The molecule has 0 aliphatic carbocycles. The first-order valence-electron chi connectivity index (χ1n) is 7.65. The highest BCUT2D eigenvalue weighted by Gasteiger charge is 2.26. The first-order chi connectivity index (χ1) is 11.3. The Morgan fingerprint density at radius 2 is 2.04 bits per heavy atom. The van der Waals surface area contributed by atoms with Crippen LogP contribution in [-0.2, 0) is 14.8 Å². The second-order valence-electron chi connectivity index (χ2n) is 6.00. The van der Waals surface area contributed by atoms with Crippen LogP contribution in [0.3, 0.4) is 0 Å². The van der Waals surface area contributed by atoms with Gasteiger partial charge in [0.2, 0.25) is 15.9 Å². The number of fused-ring (bicyclic) bond motifs is 1. The molecule has 1 fully saturated rings. The maximum absolute atomic E-state index is 12.6. The number of anilines is 1. The maximum atomic E-state index is 12.6. The minimum absolute atomic E-state index is 0.0650. The van der Waals surface area contributed by atoms with Gasteiger partial charge in [0.15, 0.2) is 0 Å². The van der Waals surface area contributed by atoms with Crippen LogP contribution in [0.2, 0.25) is 0 Å². The van der Waals surface area contributed by atoms with Gasteiger partial charge in [0.1, 0.15) is 0 Å². The molecule has 2 N–H and O–H groups in total. The van der Waals surface area contributed by atoms with E-state index in [0.717, 1.165) is 11.2 Å². The Bertz CT molecular complexity index is 771. The van der Waals surface area contributed by atoms with E-state index >= 15 is 0 Å². The molecule has 2 aliphatic rings. The number of amides is 2. The predicted molar refractivity (Wildman–Crippen MR) is 92.7 cm³/mol. The van der Waals surface area contributed by atoms with E-state index in [1.54, 1.807) is 17.0 Å². The summed E-state index contributed by atoms with van der Waals surface area (Å²) < 4.78 is 25.1. The molecule has 2 aliphatic heterocycles. The Hall–Kier alpha value is -1.58. The number of benzene rings is 1. The molecule has 24 heavy (non-hydrogen) atoms. The van der Waals surface area contributed by atoms with Crippen molar-refractivity contribution in [2.75, 3.05) is 30.4 Å². The van der Waals surface area contributed by atoms with Gasteiger partial charge in [-0.15, -0.1) is 11.8 Å². The van der Waals surface area contributed by atoms with Crippen LogP contribution in [0.4, 0.5) is 5.69 Å². The standard InChI is InChI=1S/C15H19N3O4S2/c1-24(21,22)17-11-4-6-18(7-5-11)15(20)10-2-3-13-12(8-10)16-14(19)9-23-13/h2-3,8,11,17H,4-7,9H2,1H3,(H,16,19). The Labute approximate surface area is 145 Å². The number of hydrogen-bond donors (Lipinski definition) is 2. The number of rotatable bonds is 3. The molecule has 1 aromatic rings. The van der Waals surface area contributed by atoms with Crippen molar-refractivity contribution in [3.8, 4) is 0 Å². The van der Waals surface area contributed by atoms with Crippen LogP contribution in [-0.4, -0.2) is 56.3 Å². The average Bonchev–Trinajstić information content (AvgIpc) is 2.52. The van der Waals surface area contributed by atoms with E-state index < -0.39 is 10.0 Å². The quantitative estimate of drug-likeness (QED) is 0.825. The molecular weight excluding hydrogens is 350 g/mol. The van der Waals surface area contributed by atoms with E-state index in [4.69, 9.17) is 0 Å². The van der Waals surface area contributed by atoms with Gasteiger partial charge in [-0.3, -0.25) is 9.59 Å². The van der Waals surface area contributed by atoms with Crippen LogP contribution < -0.4 is 10.0 Å². The lowest BCUT2D eigenvalue weighted by atomic mass is 10.0. The summed E-state index contributed by atoms with van der Waals surface area (Å²) in [7, 11) is -3.23. The van der Waals surface area contributed by atoms with Crippen LogP contribution in [0.1, 0.15) is 23.2 Å². The fourth-order valence-electron chi connectivity index (χ4n) is 2.90. The van der Waals surface area contributed by atoms with Gasteiger partial charge in [-0.2, -0.15) is 0 Å². The Morgan fingerprint density at radius 3 is 2.71 bits per heavy atom. The summed E-state index contributed by atoms with van der Waals surface area (Å²) in [5.41, 5.74) is 1.21. The van der Waals surface area contributed by atoms with Gasteiger partial charge in [-0.1, -0.05) is 0 Å². The number of carbonyl (C=O) groups excluding carboxylic acids is 2. The van der Waals surface area contributed by atoms with Gasteiger partial charge >= 0.3 is 0 Å². The van der Waals surface area contributed by atoms with Gasteiger partial charge < -0.3 is 10.2 Å². The van der Waals surface area contributed by atoms with E-state index in [0.29, 0.717) is 42.9 Å². The number of nitrogens with one attached hydrogen (secondary N) is 2. The summed E-state index contributed by atoms with van der Waals surface area (Å²) in [6, 6.07) is 5.21. The number of likely N-dealkylation sites (tertiary alicyclic amines) is 1. The molecule has 0 unspecified atom stereocenters. The molecule has 1 saturated heterocycles.